The summed E-state index contributed by atoms with van der Waals surface area (Å²) >= 11 is 7.86. The number of likely N-dealkylation sites (tertiary alicyclic amines) is 1. The fourth-order valence-electron chi connectivity index (χ4n) is 3.46. The summed E-state index contributed by atoms with van der Waals surface area (Å²) in [6.07, 6.45) is 2.53. The number of nitrogens with zero attached hydrogens (tertiary/aromatic N) is 2. The van der Waals surface area contributed by atoms with Crippen molar-refractivity contribution in [2.45, 2.75) is 18.9 Å². The average Bonchev–Trinajstić information content (AvgIpc) is 3.44. The molecule has 9 heteroatoms. The quantitative estimate of drug-likeness (QED) is 0.199. The lowest BCUT2D eigenvalue weighted by Crippen LogP contribution is -2.44. The first-order valence-corrected chi connectivity index (χ1v) is 11.2. The van der Waals surface area contributed by atoms with Crippen molar-refractivity contribution < 1.29 is 4.79 Å². The molecule has 1 saturated heterocycles. The van der Waals surface area contributed by atoms with E-state index in [0.29, 0.717) is 29.7 Å². The Morgan fingerprint density at radius 3 is 2.53 bits per heavy atom. The summed E-state index contributed by atoms with van der Waals surface area (Å²) in [6.45, 7) is 4.13. The van der Waals surface area contributed by atoms with E-state index in [-0.39, 0.29) is 29.9 Å². The average molecular weight is 562 g/mol. The molecular weight excluding hydrogens is 533 g/mol. The van der Waals surface area contributed by atoms with E-state index in [4.69, 9.17) is 11.6 Å². The van der Waals surface area contributed by atoms with Crippen molar-refractivity contribution in [3.8, 4) is 0 Å². The Bertz CT molecular complexity index is 811. The van der Waals surface area contributed by atoms with Crippen LogP contribution in [0.1, 0.15) is 34.1 Å². The van der Waals surface area contributed by atoms with Gasteiger partial charge in [-0.1, -0.05) is 29.8 Å². The van der Waals surface area contributed by atoms with Gasteiger partial charge in [-0.3, -0.25) is 14.7 Å². The first kappa shape index (κ1) is 24.9. The van der Waals surface area contributed by atoms with Crippen LogP contribution < -0.4 is 16.0 Å². The Kier molecular flexibility index (Phi) is 10.9. The second-order valence-corrected chi connectivity index (χ2v) is 8.28. The van der Waals surface area contributed by atoms with Gasteiger partial charge in [-0.2, -0.15) is 0 Å². The lowest BCUT2D eigenvalue weighted by atomic mass is 10.2. The topological polar surface area (TPSA) is 68.8 Å². The molecule has 1 amide bonds. The van der Waals surface area contributed by atoms with E-state index >= 15 is 0 Å². The summed E-state index contributed by atoms with van der Waals surface area (Å²) in [7, 11) is 1.76. The van der Waals surface area contributed by atoms with E-state index in [1.807, 2.05) is 6.07 Å². The number of guanidine groups is 1. The van der Waals surface area contributed by atoms with Crippen LogP contribution in [0.15, 0.2) is 46.8 Å². The van der Waals surface area contributed by atoms with Crippen molar-refractivity contribution >= 4 is 58.8 Å². The number of benzene rings is 1. The Labute approximate surface area is 204 Å². The zero-order valence-corrected chi connectivity index (χ0v) is 21.0. The van der Waals surface area contributed by atoms with Crippen molar-refractivity contribution in [1.29, 1.82) is 0 Å². The molecular formula is C21H29ClIN5OS. The highest BCUT2D eigenvalue weighted by atomic mass is 127. The SMILES string of the molecule is CN=C(NCCNC(=O)c1ccccc1Cl)NCC(c1cccs1)N1CCCC1.I. The molecule has 2 aromatic rings. The van der Waals surface area contributed by atoms with Crippen LogP contribution in [0, 0.1) is 0 Å². The summed E-state index contributed by atoms with van der Waals surface area (Å²) in [5.74, 6) is 0.560. The minimum Gasteiger partial charge on any atom is -0.355 e. The molecule has 164 valence electrons. The van der Waals surface area contributed by atoms with Gasteiger partial charge in [0.05, 0.1) is 16.6 Å². The van der Waals surface area contributed by atoms with Crippen LogP contribution in [0.3, 0.4) is 0 Å². The molecule has 1 aromatic carbocycles. The minimum atomic E-state index is -0.174. The standard InChI is InChI=1S/C21H28ClN5OS.HI/c1-23-21(25-11-10-24-20(28)16-7-2-3-8-17(16)22)26-15-18(19-9-6-14-29-19)27-12-4-5-13-27;/h2-3,6-9,14,18H,4-5,10-13,15H2,1H3,(H,24,28)(H2,23,25,26);1H. The summed E-state index contributed by atoms with van der Waals surface area (Å²) < 4.78 is 0. The number of thiophene rings is 1. The molecule has 1 aliphatic heterocycles. The zero-order valence-electron chi connectivity index (χ0n) is 17.1. The lowest BCUT2D eigenvalue weighted by Gasteiger charge is -2.27. The number of hydrogen-bond donors (Lipinski definition) is 3. The van der Waals surface area contributed by atoms with Crippen molar-refractivity contribution in [3.05, 3.63) is 57.2 Å². The molecule has 0 spiro atoms. The Balaban J connectivity index is 0.00000320. The molecule has 1 aromatic heterocycles. The van der Waals surface area contributed by atoms with Crippen LogP contribution in [-0.4, -0.2) is 56.5 Å². The van der Waals surface area contributed by atoms with Gasteiger partial charge in [0.2, 0.25) is 0 Å². The largest absolute Gasteiger partial charge is 0.355 e. The number of aliphatic imine (C=N–C) groups is 1. The number of halogens is 2. The maximum Gasteiger partial charge on any atom is 0.252 e. The lowest BCUT2D eigenvalue weighted by molar-refractivity contribution is 0.0954. The van der Waals surface area contributed by atoms with Gasteiger partial charge in [0.15, 0.2) is 5.96 Å². The van der Waals surface area contributed by atoms with Crippen molar-refractivity contribution in [2.75, 3.05) is 39.8 Å². The first-order valence-electron chi connectivity index (χ1n) is 9.93. The van der Waals surface area contributed by atoms with Crippen LogP contribution in [0.2, 0.25) is 5.02 Å². The molecule has 0 aliphatic carbocycles. The maximum absolute atomic E-state index is 12.2. The van der Waals surface area contributed by atoms with Crippen molar-refractivity contribution in [3.63, 3.8) is 0 Å². The number of rotatable bonds is 8. The smallest absolute Gasteiger partial charge is 0.252 e. The second kappa shape index (κ2) is 13.1. The first-order chi connectivity index (χ1) is 14.2. The van der Waals surface area contributed by atoms with Gasteiger partial charge in [-0.05, 0) is 49.5 Å². The molecule has 1 unspecified atom stereocenters. The Morgan fingerprint density at radius 2 is 1.87 bits per heavy atom. The predicted molar refractivity (Wildman–Crippen MR) is 136 cm³/mol. The van der Waals surface area contributed by atoms with Crippen LogP contribution in [-0.2, 0) is 0 Å². The molecule has 1 fully saturated rings. The summed E-state index contributed by atoms with van der Waals surface area (Å²) in [4.78, 5) is 20.4. The summed E-state index contributed by atoms with van der Waals surface area (Å²) in [6, 6.07) is 11.7. The van der Waals surface area contributed by atoms with Gasteiger partial charge < -0.3 is 16.0 Å². The van der Waals surface area contributed by atoms with E-state index in [2.05, 4.69) is 43.4 Å². The van der Waals surface area contributed by atoms with Crippen LogP contribution in [0.5, 0.6) is 0 Å². The summed E-state index contributed by atoms with van der Waals surface area (Å²) in [5, 5.41) is 12.2. The minimum absolute atomic E-state index is 0. The van der Waals surface area contributed by atoms with Gasteiger partial charge in [-0.25, -0.2) is 0 Å². The van der Waals surface area contributed by atoms with Crippen molar-refractivity contribution in [1.82, 2.24) is 20.9 Å². The van der Waals surface area contributed by atoms with E-state index in [1.165, 1.54) is 17.7 Å². The Morgan fingerprint density at radius 1 is 1.13 bits per heavy atom. The van der Waals surface area contributed by atoms with E-state index in [9.17, 15) is 4.79 Å². The third-order valence-electron chi connectivity index (χ3n) is 4.96. The molecule has 0 radical (unpaired) electrons. The number of hydrogen-bond acceptors (Lipinski definition) is 4. The Hall–Kier alpha value is -1.36. The monoisotopic (exact) mass is 561 g/mol. The van der Waals surface area contributed by atoms with Gasteiger partial charge in [0.1, 0.15) is 0 Å². The van der Waals surface area contributed by atoms with Gasteiger partial charge in [0.25, 0.3) is 5.91 Å². The van der Waals surface area contributed by atoms with E-state index in [0.717, 1.165) is 25.6 Å². The maximum atomic E-state index is 12.2. The van der Waals surface area contributed by atoms with Gasteiger partial charge in [-0.15, -0.1) is 35.3 Å². The third kappa shape index (κ3) is 7.11. The molecule has 2 heterocycles. The number of nitrogens with one attached hydrogen (secondary N) is 3. The fraction of sp³-hybridized carbons (Fsp3) is 0.429. The highest BCUT2D eigenvalue weighted by Crippen LogP contribution is 2.27. The highest BCUT2D eigenvalue weighted by Gasteiger charge is 2.24. The molecule has 3 N–H and O–H groups in total. The van der Waals surface area contributed by atoms with Crippen LogP contribution >= 0.6 is 46.9 Å². The highest BCUT2D eigenvalue weighted by molar-refractivity contribution is 14.0. The fourth-order valence-corrected chi connectivity index (χ4v) is 4.54. The molecule has 30 heavy (non-hydrogen) atoms. The van der Waals surface area contributed by atoms with E-state index in [1.54, 1.807) is 36.6 Å². The molecule has 6 nitrogen and oxygen atoms in total. The number of carbonyl (C=O) groups excluding carboxylic acids is 1. The second-order valence-electron chi connectivity index (χ2n) is 6.89. The molecule has 1 atom stereocenters. The van der Waals surface area contributed by atoms with Crippen molar-refractivity contribution in [2.24, 2.45) is 4.99 Å². The summed E-state index contributed by atoms with van der Waals surface area (Å²) in [5.41, 5.74) is 0.487. The van der Waals surface area contributed by atoms with Gasteiger partial charge in [0, 0.05) is 31.6 Å². The normalized spacial score (nSPS) is 15.3. The number of amides is 1. The predicted octanol–water partition coefficient (Wildman–Crippen LogP) is 3.75. The third-order valence-corrected chi connectivity index (χ3v) is 6.26. The molecule has 0 bridgehead atoms. The molecule has 3 rings (SSSR count). The number of carbonyl (C=O) groups is 1. The van der Waals surface area contributed by atoms with Gasteiger partial charge >= 0.3 is 0 Å². The molecule has 1 aliphatic rings. The zero-order chi connectivity index (χ0) is 20.5. The van der Waals surface area contributed by atoms with Crippen LogP contribution in [0.25, 0.3) is 0 Å². The van der Waals surface area contributed by atoms with Crippen LogP contribution in [0.4, 0.5) is 0 Å². The molecule has 0 saturated carbocycles. The van der Waals surface area contributed by atoms with E-state index < -0.39 is 0 Å².